The van der Waals surface area contributed by atoms with Gasteiger partial charge in [0, 0.05) is 11.8 Å². The summed E-state index contributed by atoms with van der Waals surface area (Å²) < 4.78 is 10.4. The van der Waals surface area contributed by atoms with E-state index in [1.807, 2.05) is 30.3 Å². The molecule has 7 nitrogen and oxygen atoms in total. The van der Waals surface area contributed by atoms with Crippen molar-refractivity contribution in [3.05, 3.63) is 66.5 Å². The first-order chi connectivity index (χ1) is 11.3. The largest absolute Gasteiger partial charge is 0.465 e. The summed E-state index contributed by atoms with van der Waals surface area (Å²) in [6, 6.07) is 12.8. The normalized spacial score (nSPS) is 11.3. The van der Waals surface area contributed by atoms with Crippen molar-refractivity contribution in [2.75, 3.05) is 0 Å². The van der Waals surface area contributed by atoms with Gasteiger partial charge in [0.15, 0.2) is 0 Å². The predicted octanol–water partition coefficient (Wildman–Crippen LogP) is 2.76. The molecule has 3 rings (SSSR count). The number of rotatable bonds is 5. The van der Waals surface area contributed by atoms with Crippen LogP contribution in [-0.2, 0) is 0 Å². The van der Waals surface area contributed by atoms with Crippen molar-refractivity contribution >= 4 is 18.2 Å². The number of carbonyl (C=O) groups is 1. The summed E-state index contributed by atoms with van der Waals surface area (Å²) in [5.74, 6) is 0.225. The van der Waals surface area contributed by atoms with Gasteiger partial charge >= 0.3 is 11.8 Å². The van der Waals surface area contributed by atoms with E-state index in [9.17, 15) is 4.79 Å². The first-order valence-corrected chi connectivity index (χ1v) is 6.75. The van der Waals surface area contributed by atoms with E-state index < -0.39 is 5.91 Å². The van der Waals surface area contributed by atoms with Gasteiger partial charge in [-0.15, -0.1) is 10.2 Å². The molecule has 1 aromatic carbocycles. The maximum Gasteiger partial charge on any atom is 0.328 e. The van der Waals surface area contributed by atoms with Gasteiger partial charge in [-0.1, -0.05) is 18.2 Å². The monoisotopic (exact) mass is 308 g/mol. The Morgan fingerprint density at radius 3 is 2.78 bits per heavy atom. The van der Waals surface area contributed by atoms with Crippen LogP contribution in [-0.4, -0.2) is 22.3 Å². The highest BCUT2D eigenvalue weighted by Gasteiger charge is 2.14. The van der Waals surface area contributed by atoms with Crippen LogP contribution in [0, 0.1) is 0 Å². The maximum absolute atomic E-state index is 11.8. The SMILES string of the molecule is O=C(NN=C/C=C/c1ccco1)c1nnc(-c2ccccc2)o1. The van der Waals surface area contributed by atoms with Crippen LogP contribution in [0.5, 0.6) is 0 Å². The average Bonchev–Trinajstić information content (AvgIpc) is 3.27. The number of hydrazone groups is 1. The standard InChI is InChI=1S/C16H12N4O3/c21-14(18-17-10-4-8-13-9-5-11-22-13)16-20-19-15(23-16)12-6-2-1-3-7-12/h1-11H,(H,18,21)/b8-4+,17-10?. The molecule has 0 aliphatic rings. The molecule has 0 bridgehead atoms. The topological polar surface area (TPSA) is 93.5 Å². The van der Waals surface area contributed by atoms with Gasteiger partial charge in [-0.3, -0.25) is 4.79 Å². The van der Waals surface area contributed by atoms with E-state index in [4.69, 9.17) is 8.83 Å². The molecule has 0 unspecified atom stereocenters. The first-order valence-electron chi connectivity index (χ1n) is 6.75. The second-order valence-electron chi connectivity index (χ2n) is 4.37. The quantitative estimate of drug-likeness (QED) is 0.578. The Balaban J connectivity index is 1.57. The van der Waals surface area contributed by atoms with Gasteiger partial charge in [-0.2, -0.15) is 5.10 Å². The minimum Gasteiger partial charge on any atom is -0.465 e. The molecule has 0 atom stereocenters. The Kier molecular flexibility index (Phi) is 4.39. The van der Waals surface area contributed by atoms with E-state index in [2.05, 4.69) is 20.7 Å². The zero-order valence-corrected chi connectivity index (χ0v) is 11.9. The molecular weight excluding hydrogens is 296 g/mol. The first kappa shape index (κ1) is 14.5. The van der Waals surface area contributed by atoms with Gasteiger partial charge in [-0.25, -0.2) is 5.43 Å². The van der Waals surface area contributed by atoms with Crippen molar-refractivity contribution in [2.45, 2.75) is 0 Å². The van der Waals surface area contributed by atoms with Crippen LogP contribution in [0.15, 0.2) is 68.7 Å². The van der Waals surface area contributed by atoms with Gasteiger partial charge in [0.2, 0.25) is 5.89 Å². The average molecular weight is 308 g/mol. The highest BCUT2D eigenvalue weighted by molar-refractivity contribution is 5.90. The Morgan fingerprint density at radius 2 is 2.00 bits per heavy atom. The summed E-state index contributed by atoms with van der Waals surface area (Å²) in [5, 5.41) is 11.3. The van der Waals surface area contributed by atoms with Gasteiger partial charge in [0.1, 0.15) is 5.76 Å². The lowest BCUT2D eigenvalue weighted by Crippen LogP contribution is -2.17. The fraction of sp³-hybridized carbons (Fsp3) is 0. The number of hydrogen-bond donors (Lipinski definition) is 1. The second-order valence-corrected chi connectivity index (χ2v) is 4.37. The van der Waals surface area contributed by atoms with Crippen LogP contribution >= 0.6 is 0 Å². The molecule has 2 heterocycles. The van der Waals surface area contributed by atoms with Crippen LogP contribution in [0.1, 0.15) is 16.4 Å². The van der Waals surface area contributed by atoms with Crippen molar-refractivity contribution < 1.29 is 13.6 Å². The summed E-state index contributed by atoms with van der Waals surface area (Å²) in [7, 11) is 0. The number of aromatic nitrogens is 2. The van der Waals surface area contributed by atoms with E-state index in [1.165, 1.54) is 6.21 Å². The third-order valence-corrected chi connectivity index (χ3v) is 2.77. The summed E-state index contributed by atoms with van der Waals surface area (Å²) in [4.78, 5) is 11.8. The number of hydrogen-bond acceptors (Lipinski definition) is 6. The molecule has 114 valence electrons. The second kappa shape index (κ2) is 6.99. The van der Waals surface area contributed by atoms with E-state index >= 15 is 0 Å². The number of furan rings is 1. The van der Waals surface area contributed by atoms with Crippen molar-refractivity contribution in [2.24, 2.45) is 5.10 Å². The van der Waals surface area contributed by atoms with E-state index in [1.54, 1.807) is 30.5 Å². The third-order valence-electron chi connectivity index (χ3n) is 2.77. The zero-order chi connectivity index (χ0) is 15.9. The summed E-state index contributed by atoms with van der Waals surface area (Å²) in [6.45, 7) is 0. The summed E-state index contributed by atoms with van der Waals surface area (Å²) in [5.41, 5.74) is 3.04. The van der Waals surface area contributed by atoms with Crippen LogP contribution in [0.2, 0.25) is 0 Å². The summed E-state index contributed by atoms with van der Waals surface area (Å²) in [6.07, 6.45) is 6.31. The molecule has 0 aliphatic heterocycles. The van der Waals surface area contributed by atoms with Crippen LogP contribution in [0.25, 0.3) is 17.5 Å². The van der Waals surface area contributed by atoms with Gasteiger partial charge < -0.3 is 8.83 Å². The van der Waals surface area contributed by atoms with E-state index in [0.717, 1.165) is 5.56 Å². The number of amides is 1. The van der Waals surface area contributed by atoms with Crippen molar-refractivity contribution in [1.82, 2.24) is 15.6 Å². The van der Waals surface area contributed by atoms with Crippen molar-refractivity contribution in [3.63, 3.8) is 0 Å². The van der Waals surface area contributed by atoms with E-state index in [0.29, 0.717) is 5.76 Å². The molecular formula is C16H12N4O3. The highest BCUT2D eigenvalue weighted by Crippen LogP contribution is 2.16. The van der Waals surface area contributed by atoms with Gasteiger partial charge in [0.05, 0.1) is 6.26 Å². The smallest absolute Gasteiger partial charge is 0.328 e. The summed E-state index contributed by atoms with van der Waals surface area (Å²) >= 11 is 0. The minimum atomic E-state index is -0.581. The molecule has 1 amide bonds. The molecule has 1 N–H and O–H groups in total. The molecule has 0 fully saturated rings. The molecule has 3 aromatic rings. The maximum atomic E-state index is 11.8. The molecule has 23 heavy (non-hydrogen) atoms. The Labute approximate surface area is 131 Å². The number of allylic oxidation sites excluding steroid dienone is 1. The molecule has 0 aliphatic carbocycles. The van der Waals surface area contributed by atoms with Crippen molar-refractivity contribution in [1.29, 1.82) is 0 Å². The Bertz CT molecular complexity index is 820. The van der Waals surface area contributed by atoms with Gasteiger partial charge in [-0.05, 0) is 36.4 Å². The predicted molar refractivity (Wildman–Crippen MR) is 83.4 cm³/mol. The molecule has 7 heteroatoms. The number of nitrogens with one attached hydrogen (secondary N) is 1. The van der Waals surface area contributed by atoms with Crippen LogP contribution < -0.4 is 5.43 Å². The fourth-order valence-electron chi connectivity index (χ4n) is 1.72. The van der Waals surface area contributed by atoms with Crippen molar-refractivity contribution in [3.8, 4) is 11.5 Å². The molecule has 0 saturated carbocycles. The lowest BCUT2D eigenvalue weighted by atomic mass is 10.2. The number of nitrogens with zero attached hydrogens (tertiary/aromatic N) is 3. The Hall–Kier alpha value is -3.48. The lowest BCUT2D eigenvalue weighted by Gasteiger charge is -1.93. The minimum absolute atomic E-state index is 0.156. The van der Waals surface area contributed by atoms with Gasteiger partial charge in [0.25, 0.3) is 0 Å². The molecule has 0 spiro atoms. The van der Waals surface area contributed by atoms with Crippen LogP contribution in [0.3, 0.4) is 0 Å². The Morgan fingerprint density at radius 1 is 1.13 bits per heavy atom. The molecule has 2 aromatic heterocycles. The number of carbonyl (C=O) groups excluding carboxylic acids is 1. The molecule has 0 saturated heterocycles. The van der Waals surface area contributed by atoms with E-state index in [-0.39, 0.29) is 11.8 Å². The fourth-order valence-corrected chi connectivity index (χ4v) is 1.72. The third kappa shape index (κ3) is 3.79. The van der Waals surface area contributed by atoms with Crippen LogP contribution in [0.4, 0.5) is 0 Å². The lowest BCUT2D eigenvalue weighted by molar-refractivity contribution is 0.0921. The highest BCUT2D eigenvalue weighted by atomic mass is 16.4. The zero-order valence-electron chi connectivity index (χ0n) is 11.9. The molecule has 0 radical (unpaired) electrons. The number of benzene rings is 1.